The number of carbonyl (C=O) groups excluding carboxylic acids is 1. The summed E-state index contributed by atoms with van der Waals surface area (Å²) in [6, 6.07) is 7.17. The Bertz CT molecular complexity index is 724. The largest absolute Gasteiger partial charge is 0.383 e. The van der Waals surface area contributed by atoms with Crippen molar-refractivity contribution in [2.75, 3.05) is 13.7 Å². The van der Waals surface area contributed by atoms with Gasteiger partial charge in [-0.2, -0.15) is 0 Å². The maximum absolute atomic E-state index is 12.5. The molecule has 118 valence electrons. The molecule has 0 aliphatic carbocycles. The number of hydrogen-bond donors (Lipinski definition) is 1. The molecule has 0 spiro atoms. The lowest BCUT2D eigenvalue weighted by molar-refractivity contribution is -0.122. The van der Waals surface area contributed by atoms with Gasteiger partial charge in [-0.05, 0) is 26.0 Å². The van der Waals surface area contributed by atoms with Crippen molar-refractivity contribution < 1.29 is 9.53 Å². The molecule has 0 radical (unpaired) electrons. The van der Waals surface area contributed by atoms with Gasteiger partial charge in [-0.25, -0.2) is 4.98 Å². The minimum absolute atomic E-state index is 0.0509. The van der Waals surface area contributed by atoms with E-state index < -0.39 is 0 Å². The Kier molecular flexibility index (Phi) is 5.27. The van der Waals surface area contributed by atoms with Crippen LogP contribution in [0.3, 0.4) is 0 Å². The lowest BCUT2D eigenvalue weighted by Gasteiger charge is -2.14. The zero-order chi connectivity index (χ0) is 16.1. The topological polar surface area (TPSA) is 73.2 Å². The Labute approximate surface area is 129 Å². The maximum Gasteiger partial charge on any atom is 0.261 e. The fraction of sp³-hybridized carbons (Fsp3) is 0.438. The molecular weight excluding hydrogens is 282 g/mol. The molecule has 6 heteroatoms. The van der Waals surface area contributed by atoms with Crippen LogP contribution in [-0.4, -0.2) is 35.2 Å². The van der Waals surface area contributed by atoms with E-state index in [1.54, 1.807) is 24.7 Å². The van der Waals surface area contributed by atoms with Crippen LogP contribution in [-0.2, 0) is 16.1 Å². The van der Waals surface area contributed by atoms with Gasteiger partial charge in [0.15, 0.2) is 0 Å². The molecule has 0 fully saturated rings. The number of hydrogen-bond acceptors (Lipinski definition) is 4. The van der Waals surface area contributed by atoms with Gasteiger partial charge in [0.1, 0.15) is 5.82 Å². The Morgan fingerprint density at radius 2 is 2.14 bits per heavy atom. The summed E-state index contributed by atoms with van der Waals surface area (Å²) in [5.41, 5.74) is 0.570. The number of carbonyl (C=O) groups is 1. The van der Waals surface area contributed by atoms with Gasteiger partial charge in [0.05, 0.1) is 17.5 Å². The summed E-state index contributed by atoms with van der Waals surface area (Å²) in [5, 5.41) is 3.40. The molecule has 6 nitrogen and oxygen atoms in total. The van der Waals surface area contributed by atoms with Crippen molar-refractivity contribution in [3.8, 4) is 0 Å². The number of rotatable bonds is 6. The van der Waals surface area contributed by atoms with Gasteiger partial charge >= 0.3 is 0 Å². The fourth-order valence-electron chi connectivity index (χ4n) is 2.39. The molecule has 0 unspecified atom stereocenters. The Hall–Kier alpha value is -2.21. The predicted octanol–water partition coefficient (Wildman–Crippen LogP) is 1.25. The number of nitrogens with zero attached hydrogens (tertiary/aromatic N) is 2. The van der Waals surface area contributed by atoms with Crippen molar-refractivity contribution in [2.24, 2.45) is 0 Å². The molecular formula is C16H21N3O3. The van der Waals surface area contributed by atoms with Crippen molar-refractivity contribution in [1.29, 1.82) is 0 Å². The predicted molar refractivity (Wildman–Crippen MR) is 84.8 cm³/mol. The zero-order valence-electron chi connectivity index (χ0n) is 13.1. The molecule has 1 N–H and O–H groups in total. The molecule has 1 heterocycles. The van der Waals surface area contributed by atoms with Crippen LogP contribution < -0.4 is 10.9 Å². The van der Waals surface area contributed by atoms with Crippen LogP contribution in [0.15, 0.2) is 29.1 Å². The Morgan fingerprint density at radius 1 is 1.41 bits per heavy atom. The van der Waals surface area contributed by atoms with Crippen LogP contribution in [0, 0.1) is 6.92 Å². The first kappa shape index (κ1) is 16.2. The monoisotopic (exact) mass is 303 g/mol. The third-order valence-electron chi connectivity index (χ3n) is 3.44. The van der Waals surface area contributed by atoms with Gasteiger partial charge in [-0.1, -0.05) is 12.1 Å². The van der Waals surface area contributed by atoms with Crippen LogP contribution in [0.25, 0.3) is 10.9 Å². The van der Waals surface area contributed by atoms with Crippen LogP contribution in [0.4, 0.5) is 0 Å². The average molecular weight is 303 g/mol. The molecule has 0 aliphatic heterocycles. The number of amides is 1. The molecule has 1 aromatic heterocycles. The van der Waals surface area contributed by atoms with Crippen LogP contribution in [0.5, 0.6) is 0 Å². The van der Waals surface area contributed by atoms with E-state index in [2.05, 4.69) is 10.3 Å². The van der Waals surface area contributed by atoms with E-state index in [4.69, 9.17) is 4.74 Å². The first-order valence-corrected chi connectivity index (χ1v) is 7.27. The summed E-state index contributed by atoms with van der Waals surface area (Å²) in [6.45, 7) is 4.42. The van der Waals surface area contributed by atoms with E-state index in [9.17, 15) is 9.59 Å². The molecule has 0 saturated carbocycles. The highest BCUT2D eigenvalue weighted by atomic mass is 16.5. The number of aryl methyl sites for hydroxylation is 1. The molecule has 2 rings (SSSR count). The van der Waals surface area contributed by atoms with E-state index >= 15 is 0 Å². The second kappa shape index (κ2) is 7.17. The number of benzene rings is 1. The molecule has 1 aromatic carbocycles. The second-order valence-electron chi connectivity index (χ2n) is 5.31. The first-order valence-electron chi connectivity index (χ1n) is 7.27. The lowest BCUT2D eigenvalue weighted by atomic mass is 10.2. The highest BCUT2D eigenvalue weighted by Gasteiger charge is 2.11. The molecule has 1 amide bonds. The highest BCUT2D eigenvalue weighted by molar-refractivity contribution is 5.78. The summed E-state index contributed by atoms with van der Waals surface area (Å²) in [7, 11) is 1.59. The van der Waals surface area contributed by atoms with E-state index in [0.29, 0.717) is 29.9 Å². The van der Waals surface area contributed by atoms with Crippen molar-refractivity contribution >= 4 is 16.8 Å². The van der Waals surface area contributed by atoms with E-state index in [1.165, 1.54) is 0 Å². The number of nitrogens with one attached hydrogen (secondary N) is 1. The summed E-state index contributed by atoms with van der Waals surface area (Å²) < 4.78 is 6.52. The maximum atomic E-state index is 12.5. The molecule has 1 atom stereocenters. The van der Waals surface area contributed by atoms with Crippen LogP contribution in [0.1, 0.15) is 19.2 Å². The SMILES string of the molecule is COC[C@H](C)NC(=O)CCn1c(C)nc2ccccc2c1=O. The quantitative estimate of drug-likeness (QED) is 0.871. The van der Waals surface area contributed by atoms with Crippen LogP contribution in [0.2, 0.25) is 0 Å². The number of ether oxygens (including phenoxy) is 1. The van der Waals surface area contributed by atoms with Crippen molar-refractivity contribution in [2.45, 2.75) is 32.9 Å². The summed E-state index contributed by atoms with van der Waals surface area (Å²) >= 11 is 0. The molecule has 22 heavy (non-hydrogen) atoms. The Morgan fingerprint density at radius 3 is 2.86 bits per heavy atom. The fourth-order valence-corrected chi connectivity index (χ4v) is 2.39. The number of para-hydroxylation sites is 1. The van der Waals surface area contributed by atoms with Gasteiger partial charge in [-0.3, -0.25) is 14.2 Å². The molecule has 0 bridgehead atoms. The van der Waals surface area contributed by atoms with Crippen molar-refractivity contribution in [3.05, 3.63) is 40.4 Å². The third kappa shape index (κ3) is 3.71. The summed E-state index contributed by atoms with van der Waals surface area (Å²) in [5.74, 6) is 0.505. The summed E-state index contributed by atoms with van der Waals surface area (Å²) in [4.78, 5) is 28.8. The molecule has 0 saturated heterocycles. The lowest BCUT2D eigenvalue weighted by Crippen LogP contribution is -2.36. The minimum atomic E-state index is -0.110. The second-order valence-corrected chi connectivity index (χ2v) is 5.31. The van der Waals surface area contributed by atoms with Crippen LogP contribution >= 0.6 is 0 Å². The average Bonchev–Trinajstić information content (AvgIpc) is 2.47. The number of fused-ring (bicyclic) bond motifs is 1. The van der Waals surface area contributed by atoms with E-state index in [0.717, 1.165) is 0 Å². The number of methoxy groups -OCH3 is 1. The van der Waals surface area contributed by atoms with Crippen molar-refractivity contribution in [3.63, 3.8) is 0 Å². The number of aromatic nitrogens is 2. The molecule has 2 aromatic rings. The highest BCUT2D eigenvalue weighted by Crippen LogP contribution is 2.07. The Balaban J connectivity index is 2.12. The molecule has 0 aliphatic rings. The van der Waals surface area contributed by atoms with Gasteiger partial charge in [-0.15, -0.1) is 0 Å². The first-order chi connectivity index (χ1) is 10.5. The smallest absolute Gasteiger partial charge is 0.261 e. The minimum Gasteiger partial charge on any atom is -0.383 e. The van der Waals surface area contributed by atoms with Gasteiger partial charge in [0.25, 0.3) is 5.56 Å². The summed E-state index contributed by atoms with van der Waals surface area (Å²) in [6.07, 6.45) is 0.231. The third-order valence-corrected chi connectivity index (χ3v) is 3.44. The standard InChI is InChI=1S/C16H21N3O3/c1-11(10-22-3)17-15(20)8-9-19-12(2)18-14-7-5-4-6-13(14)16(19)21/h4-7,11H,8-10H2,1-3H3,(H,17,20)/t11-/m0/s1. The van der Waals surface area contributed by atoms with Gasteiger partial charge < -0.3 is 10.1 Å². The van der Waals surface area contributed by atoms with E-state index in [1.807, 2.05) is 25.1 Å². The van der Waals surface area contributed by atoms with E-state index in [-0.39, 0.29) is 23.9 Å². The van der Waals surface area contributed by atoms with Gasteiger partial charge in [0, 0.05) is 26.1 Å². The zero-order valence-corrected chi connectivity index (χ0v) is 13.1. The normalized spacial score (nSPS) is 12.3. The van der Waals surface area contributed by atoms with Gasteiger partial charge in [0.2, 0.25) is 5.91 Å². The van der Waals surface area contributed by atoms with Crippen molar-refractivity contribution in [1.82, 2.24) is 14.9 Å².